The number of aliphatic hydroxyl groups is 1. The van der Waals surface area contributed by atoms with Gasteiger partial charge in [0.05, 0.1) is 24.4 Å². The van der Waals surface area contributed by atoms with E-state index in [1.54, 1.807) is 7.11 Å². The average Bonchev–Trinajstić information content (AvgIpc) is 2.65. The molecule has 0 saturated carbocycles. The molecular weight excluding hydrogens is 338 g/mol. The molecule has 3 aromatic rings. The molecule has 0 amide bonds. The summed E-state index contributed by atoms with van der Waals surface area (Å²) in [4.78, 5) is 4.75. The van der Waals surface area contributed by atoms with E-state index in [0.29, 0.717) is 6.54 Å². The minimum absolute atomic E-state index is 0. The first kappa shape index (κ1) is 19.0. The third-order valence-electron chi connectivity index (χ3n) is 3.89. The molecule has 0 aliphatic rings. The predicted octanol–water partition coefficient (Wildman–Crippen LogP) is 3.06. The molecule has 0 spiro atoms. The summed E-state index contributed by atoms with van der Waals surface area (Å²) in [6.45, 7) is 0.602. The van der Waals surface area contributed by atoms with Gasteiger partial charge < -0.3 is 20.9 Å². The van der Waals surface area contributed by atoms with Crippen molar-refractivity contribution in [2.45, 2.75) is 6.10 Å². The molecule has 5 nitrogen and oxygen atoms in total. The van der Waals surface area contributed by atoms with Gasteiger partial charge in [-0.05, 0) is 18.2 Å². The van der Waals surface area contributed by atoms with Crippen molar-refractivity contribution in [3.63, 3.8) is 0 Å². The zero-order valence-corrected chi connectivity index (χ0v) is 14.8. The number of aromatic nitrogens is 1. The Hall–Kier alpha value is -2.34. The van der Waals surface area contributed by atoms with Crippen LogP contribution < -0.4 is 15.8 Å². The number of methoxy groups -OCH3 is 1. The highest BCUT2D eigenvalue weighted by molar-refractivity contribution is 5.94. The van der Waals surface area contributed by atoms with Crippen LogP contribution in [0.15, 0.2) is 54.6 Å². The number of halogens is 1. The fraction of sp³-hybridized carbons (Fsp3) is 0.211. The van der Waals surface area contributed by atoms with Gasteiger partial charge in [0.2, 0.25) is 0 Å². The Morgan fingerprint density at radius 1 is 1.16 bits per heavy atom. The number of nitrogens with one attached hydrogen (secondary N) is 1. The second-order valence-electron chi connectivity index (χ2n) is 5.57. The first-order valence-electron chi connectivity index (χ1n) is 7.87. The van der Waals surface area contributed by atoms with E-state index in [2.05, 4.69) is 5.32 Å². The summed E-state index contributed by atoms with van der Waals surface area (Å²) in [7, 11) is 1.64. The van der Waals surface area contributed by atoms with Crippen LogP contribution >= 0.6 is 12.4 Å². The van der Waals surface area contributed by atoms with Crippen LogP contribution in [-0.2, 0) is 0 Å². The van der Waals surface area contributed by atoms with E-state index in [9.17, 15) is 5.11 Å². The first-order chi connectivity index (χ1) is 11.7. The van der Waals surface area contributed by atoms with Gasteiger partial charge in [-0.15, -0.1) is 12.4 Å². The Morgan fingerprint density at radius 2 is 1.92 bits per heavy atom. The summed E-state index contributed by atoms with van der Waals surface area (Å²) in [5, 5.41) is 14.0. The van der Waals surface area contributed by atoms with E-state index in [1.165, 1.54) is 0 Å². The van der Waals surface area contributed by atoms with Crippen molar-refractivity contribution in [3.8, 4) is 17.0 Å². The van der Waals surface area contributed by atoms with Crippen LogP contribution in [0.5, 0.6) is 5.75 Å². The number of pyridine rings is 1. The van der Waals surface area contributed by atoms with Crippen LogP contribution in [-0.4, -0.2) is 36.4 Å². The van der Waals surface area contributed by atoms with Gasteiger partial charge in [0.15, 0.2) is 0 Å². The topological polar surface area (TPSA) is 80.4 Å². The molecule has 0 radical (unpaired) electrons. The SMILES string of the molecule is COc1ccc2c(NC[C@@H](O)CN)cc(-c3ccccc3)nc2c1.Cl. The second-order valence-corrected chi connectivity index (χ2v) is 5.57. The highest BCUT2D eigenvalue weighted by Gasteiger charge is 2.10. The van der Waals surface area contributed by atoms with Gasteiger partial charge in [0.1, 0.15) is 5.75 Å². The lowest BCUT2D eigenvalue weighted by Gasteiger charge is -2.15. The summed E-state index contributed by atoms with van der Waals surface area (Å²) in [6, 6.07) is 17.8. The number of aliphatic hydroxyl groups excluding tert-OH is 1. The maximum absolute atomic E-state index is 9.74. The van der Waals surface area contributed by atoms with Gasteiger partial charge in [0, 0.05) is 35.8 Å². The summed E-state index contributed by atoms with van der Waals surface area (Å²) in [5.41, 5.74) is 9.13. The molecular formula is C19H22ClN3O2. The van der Waals surface area contributed by atoms with E-state index in [1.807, 2.05) is 54.6 Å². The molecule has 1 aromatic heterocycles. The summed E-state index contributed by atoms with van der Waals surface area (Å²) >= 11 is 0. The lowest BCUT2D eigenvalue weighted by Crippen LogP contribution is -2.27. The lowest BCUT2D eigenvalue weighted by atomic mass is 10.1. The largest absolute Gasteiger partial charge is 0.497 e. The number of fused-ring (bicyclic) bond motifs is 1. The fourth-order valence-corrected chi connectivity index (χ4v) is 2.55. The molecule has 25 heavy (non-hydrogen) atoms. The van der Waals surface area contributed by atoms with Crippen molar-refractivity contribution >= 4 is 29.0 Å². The van der Waals surface area contributed by atoms with Crippen LogP contribution in [0.4, 0.5) is 5.69 Å². The molecule has 0 bridgehead atoms. The Morgan fingerprint density at radius 3 is 2.60 bits per heavy atom. The molecule has 0 unspecified atom stereocenters. The maximum Gasteiger partial charge on any atom is 0.121 e. The van der Waals surface area contributed by atoms with Crippen LogP contribution in [0.2, 0.25) is 0 Å². The minimum atomic E-state index is -0.591. The number of nitrogens with zero attached hydrogens (tertiary/aromatic N) is 1. The molecule has 4 N–H and O–H groups in total. The third kappa shape index (κ3) is 4.39. The fourth-order valence-electron chi connectivity index (χ4n) is 2.55. The normalized spacial score (nSPS) is 11.6. The Kier molecular flexibility index (Phi) is 6.58. The highest BCUT2D eigenvalue weighted by atomic mass is 35.5. The van der Waals surface area contributed by atoms with Crippen molar-refractivity contribution in [3.05, 3.63) is 54.6 Å². The quantitative estimate of drug-likeness (QED) is 0.630. The number of rotatable bonds is 6. The van der Waals surface area contributed by atoms with E-state index >= 15 is 0 Å². The molecule has 0 aliphatic carbocycles. The number of anilines is 1. The van der Waals surface area contributed by atoms with Crippen molar-refractivity contribution in [1.82, 2.24) is 4.98 Å². The van der Waals surface area contributed by atoms with Gasteiger partial charge in [-0.3, -0.25) is 0 Å². The van der Waals surface area contributed by atoms with Crippen molar-refractivity contribution in [2.75, 3.05) is 25.5 Å². The second kappa shape index (κ2) is 8.67. The Bertz CT molecular complexity index is 828. The van der Waals surface area contributed by atoms with Crippen molar-refractivity contribution < 1.29 is 9.84 Å². The van der Waals surface area contributed by atoms with Crippen LogP contribution in [0.1, 0.15) is 0 Å². The lowest BCUT2D eigenvalue weighted by molar-refractivity contribution is 0.196. The number of ether oxygens (including phenoxy) is 1. The number of hydrogen-bond acceptors (Lipinski definition) is 5. The van der Waals surface area contributed by atoms with Gasteiger partial charge in [-0.1, -0.05) is 30.3 Å². The Labute approximate surface area is 153 Å². The molecule has 1 atom stereocenters. The molecule has 0 aliphatic heterocycles. The van der Waals surface area contributed by atoms with Crippen LogP contribution in [0.25, 0.3) is 22.2 Å². The average molecular weight is 360 g/mol. The minimum Gasteiger partial charge on any atom is -0.497 e. The third-order valence-corrected chi connectivity index (χ3v) is 3.89. The number of nitrogens with two attached hydrogens (primary N) is 1. The summed E-state index contributed by atoms with van der Waals surface area (Å²) < 4.78 is 5.31. The molecule has 1 heterocycles. The van der Waals surface area contributed by atoms with Gasteiger partial charge in [-0.2, -0.15) is 0 Å². The van der Waals surface area contributed by atoms with Crippen molar-refractivity contribution in [1.29, 1.82) is 0 Å². The monoisotopic (exact) mass is 359 g/mol. The van der Waals surface area contributed by atoms with Crippen LogP contribution in [0, 0.1) is 0 Å². The zero-order chi connectivity index (χ0) is 16.9. The van der Waals surface area contributed by atoms with Gasteiger partial charge in [0.25, 0.3) is 0 Å². The van der Waals surface area contributed by atoms with Crippen molar-refractivity contribution in [2.24, 2.45) is 5.73 Å². The summed E-state index contributed by atoms with van der Waals surface area (Å²) in [5.74, 6) is 0.758. The van der Waals surface area contributed by atoms with Crippen LogP contribution in [0.3, 0.4) is 0 Å². The molecule has 132 valence electrons. The number of benzene rings is 2. The molecule has 3 rings (SSSR count). The predicted molar refractivity (Wildman–Crippen MR) is 105 cm³/mol. The molecule has 2 aromatic carbocycles. The standard InChI is InChI=1S/C19H21N3O2.ClH/c1-24-15-7-8-16-18(21-12-14(23)11-20)10-17(22-19(16)9-15)13-5-3-2-4-6-13;/h2-10,14,23H,11-12,20H2,1H3,(H,21,22);1H/t14-;/m0./s1. The van der Waals surface area contributed by atoms with E-state index in [-0.39, 0.29) is 19.0 Å². The zero-order valence-electron chi connectivity index (χ0n) is 14.0. The van der Waals surface area contributed by atoms with E-state index < -0.39 is 6.10 Å². The highest BCUT2D eigenvalue weighted by Crippen LogP contribution is 2.30. The molecule has 0 fully saturated rings. The smallest absolute Gasteiger partial charge is 0.121 e. The Balaban J connectivity index is 0.00000225. The van der Waals surface area contributed by atoms with Gasteiger partial charge in [-0.25, -0.2) is 4.98 Å². The van der Waals surface area contributed by atoms with E-state index in [4.69, 9.17) is 15.5 Å². The molecule has 6 heteroatoms. The number of hydrogen-bond donors (Lipinski definition) is 3. The summed E-state index contributed by atoms with van der Waals surface area (Å²) in [6.07, 6.45) is -0.591. The van der Waals surface area contributed by atoms with Gasteiger partial charge >= 0.3 is 0 Å². The maximum atomic E-state index is 9.74. The van der Waals surface area contributed by atoms with E-state index in [0.717, 1.165) is 33.6 Å². The molecule has 0 saturated heterocycles. The first-order valence-corrected chi connectivity index (χ1v) is 7.87.